The largest absolute Gasteiger partial charge is 0.326 e. The van der Waals surface area contributed by atoms with E-state index in [4.69, 9.17) is 10.7 Å². The first-order chi connectivity index (χ1) is 14.1. The molecule has 4 heterocycles. The summed E-state index contributed by atoms with van der Waals surface area (Å²) < 4.78 is 0. The lowest BCUT2D eigenvalue weighted by atomic mass is 9.99. The van der Waals surface area contributed by atoms with Crippen LogP contribution in [0.5, 0.6) is 0 Å². The van der Waals surface area contributed by atoms with Gasteiger partial charge in [0.25, 0.3) is 5.56 Å². The highest BCUT2D eigenvalue weighted by Crippen LogP contribution is 2.37. The van der Waals surface area contributed by atoms with E-state index in [-0.39, 0.29) is 12.1 Å². The maximum atomic E-state index is 12.2. The van der Waals surface area contributed by atoms with Crippen molar-refractivity contribution in [2.24, 2.45) is 5.73 Å². The van der Waals surface area contributed by atoms with Gasteiger partial charge in [-0.2, -0.15) is 0 Å². The Morgan fingerprint density at radius 3 is 2.76 bits per heavy atom. The van der Waals surface area contributed by atoms with Crippen LogP contribution >= 0.6 is 11.3 Å². The number of fused-ring (bicyclic) bond motifs is 2. The van der Waals surface area contributed by atoms with Crippen molar-refractivity contribution in [1.82, 2.24) is 15.0 Å². The van der Waals surface area contributed by atoms with Crippen LogP contribution in [0.25, 0.3) is 43.6 Å². The lowest BCUT2D eigenvalue weighted by Crippen LogP contribution is -2.16. The van der Waals surface area contributed by atoms with E-state index in [1.165, 1.54) is 4.88 Å². The predicted octanol–water partition coefficient (Wildman–Crippen LogP) is 4.63. The van der Waals surface area contributed by atoms with Crippen molar-refractivity contribution in [3.63, 3.8) is 0 Å². The molecule has 6 heteroatoms. The molecule has 4 aromatic heterocycles. The minimum Gasteiger partial charge on any atom is -0.326 e. The molecule has 3 N–H and O–H groups in total. The van der Waals surface area contributed by atoms with Gasteiger partial charge in [-0.25, -0.2) is 4.98 Å². The molecular formula is C23H18N4OS. The molecule has 142 valence electrons. The average Bonchev–Trinajstić information content (AvgIpc) is 3.18. The first-order valence-electron chi connectivity index (χ1n) is 9.31. The van der Waals surface area contributed by atoms with Crippen LogP contribution in [0.2, 0.25) is 0 Å². The maximum absolute atomic E-state index is 12.2. The molecule has 0 saturated carbocycles. The zero-order chi connectivity index (χ0) is 20.0. The van der Waals surface area contributed by atoms with Crippen LogP contribution in [0.15, 0.2) is 65.6 Å². The van der Waals surface area contributed by atoms with Crippen LogP contribution in [0, 0.1) is 6.92 Å². The van der Waals surface area contributed by atoms with Gasteiger partial charge in [0.05, 0.1) is 16.1 Å². The molecule has 0 aliphatic rings. The third-order valence-corrected chi connectivity index (χ3v) is 6.02. The molecule has 0 aliphatic heterocycles. The van der Waals surface area contributed by atoms with Crippen molar-refractivity contribution in [3.8, 4) is 21.7 Å². The van der Waals surface area contributed by atoms with Crippen molar-refractivity contribution >= 4 is 33.3 Å². The number of aromatic amines is 1. The van der Waals surface area contributed by atoms with E-state index in [1.807, 2.05) is 18.2 Å². The second-order valence-electron chi connectivity index (χ2n) is 6.97. The number of benzene rings is 1. The third-order valence-electron chi connectivity index (χ3n) is 5.01. The van der Waals surface area contributed by atoms with Crippen LogP contribution in [0.3, 0.4) is 0 Å². The van der Waals surface area contributed by atoms with Crippen LogP contribution < -0.4 is 11.3 Å². The number of aryl methyl sites for hydroxylation is 1. The molecule has 0 unspecified atom stereocenters. The summed E-state index contributed by atoms with van der Waals surface area (Å²) in [5.74, 6) is 0. The maximum Gasteiger partial charge on any atom is 0.254 e. The molecule has 5 rings (SSSR count). The average molecular weight is 398 g/mol. The molecule has 0 aliphatic carbocycles. The Hall–Kier alpha value is -3.35. The lowest BCUT2D eigenvalue weighted by Gasteiger charge is -2.11. The molecular weight excluding hydrogens is 380 g/mol. The number of aromatic nitrogens is 3. The van der Waals surface area contributed by atoms with Gasteiger partial charge in [0.15, 0.2) is 0 Å². The Balaban J connectivity index is 1.82. The number of hydrogen-bond acceptors (Lipinski definition) is 5. The fourth-order valence-corrected chi connectivity index (χ4v) is 4.42. The van der Waals surface area contributed by atoms with Crippen molar-refractivity contribution in [1.29, 1.82) is 0 Å². The summed E-state index contributed by atoms with van der Waals surface area (Å²) in [6, 6.07) is 18.3. The minimum absolute atomic E-state index is 0.189. The SMILES string of the molecule is Cc1ccc(-c2nc3[nH]c(=O)c(CN)cc3cc2-c2ccc3ncccc3c2)s1. The summed E-state index contributed by atoms with van der Waals surface area (Å²) >= 11 is 1.69. The number of pyridine rings is 3. The van der Waals surface area contributed by atoms with Gasteiger partial charge in [-0.1, -0.05) is 12.1 Å². The number of nitrogens with zero attached hydrogens (tertiary/aromatic N) is 2. The first-order valence-corrected chi connectivity index (χ1v) is 10.1. The van der Waals surface area contributed by atoms with Gasteiger partial charge in [0.2, 0.25) is 0 Å². The quantitative estimate of drug-likeness (QED) is 0.464. The van der Waals surface area contributed by atoms with E-state index in [0.29, 0.717) is 11.2 Å². The topological polar surface area (TPSA) is 84.7 Å². The minimum atomic E-state index is -0.190. The Morgan fingerprint density at radius 2 is 1.97 bits per heavy atom. The predicted molar refractivity (Wildman–Crippen MR) is 119 cm³/mol. The van der Waals surface area contributed by atoms with Crippen LogP contribution in [0.1, 0.15) is 10.4 Å². The van der Waals surface area contributed by atoms with Crippen LogP contribution in [0.4, 0.5) is 0 Å². The fraction of sp³-hybridized carbons (Fsp3) is 0.0870. The van der Waals surface area contributed by atoms with Crippen LogP contribution in [-0.2, 0) is 6.54 Å². The molecule has 1 aromatic carbocycles. The third kappa shape index (κ3) is 3.12. The normalized spacial score (nSPS) is 11.4. The second kappa shape index (κ2) is 6.92. The van der Waals surface area contributed by atoms with Gasteiger partial charge in [0, 0.05) is 39.5 Å². The molecule has 0 atom stereocenters. The molecule has 0 bridgehead atoms. The van der Waals surface area contributed by atoms with E-state index in [0.717, 1.165) is 38.0 Å². The van der Waals surface area contributed by atoms with Crippen molar-refractivity contribution in [2.45, 2.75) is 13.5 Å². The number of nitrogens with two attached hydrogens (primary N) is 1. The highest BCUT2D eigenvalue weighted by molar-refractivity contribution is 7.15. The molecule has 0 amide bonds. The van der Waals surface area contributed by atoms with Gasteiger partial charge in [-0.05, 0) is 55.0 Å². The zero-order valence-electron chi connectivity index (χ0n) is 15.8. The highest BCUT2D eigenvalue weighted by atomic mass is 32.1. The molecule has 0 spiro atoms. The van der Waals surface area contributed by atoms with Gasteiger partial charge < -0.3 is 10.7 Å². The number of hydrogen-bond donors (Lipinski definition) is 2. The smallest absolute Gasteiger partial charge is 0.254 e. The summed E-state index contributed by atoms with van der Waals surface area (Å²) in [6.45, 7) is 2.26. The van der Waals surface area contributed by atoms with Gasteiger partial charge in [-0.15, -0.1) is 11.3 Å². The number of H-pyrrole nitrogens is 1. The van der Waals surface area contributed by atoms with Crippen molar-refractivity contribution < 1.29 is 0 Å². The molecule has 0 fully saturated rings. The Kier molecular flexibility index (Phi) is 4.23. The van der Waals surface area contributed by atoms with Gasteiger partial charge >= 0.3 is 0 Å². The second-order valence-corrected chi connectivity index (χ2v) is 8.26. The monoisotopic (exact) mass is 398 g/mol. The molecule has 5 nitrogen and oxygen atoms in total. The van der Waals surface area contributed by atoms with E-state index < -0.39 is 0 Å². The standard InChI is InChI=1S/C23H18N4OS/c1-13-4-7-20(29-13)21-18(14-5-6-19-15(9-14)3-2-8-25-19)11-16-10-17(12-24)23(28)27-22(16)26-21/h2-11H,12,24H2,1H3,(H,26,27,28). The lowest BCUT2D eigenvalue weighted by molar-refractivity contribution is 1.03. The van der Waals surface area contributed by atoms with Crippen molar-refractivity contribution in [3.05, 3.63) is 81.6 Å². The molecule has 0 radical (unpaired) electrons. The number of thiophene rings is 1. The van der Waals surface area contributed by atoms with E-state index in [2.05, 4.69) is 53.3 Å². The van der Waals surface area contributed by atoms with E-state index in [9.17, 15) is 4.79 Å². The molecule has 29 heavy (non-hydrogen) atoms. The Labute approximate surface area is 170 Å². The number of nitrogens with one attached hydrogen (secondary N) is 1. The van der Waals surface area contributed by atoms with E-state index in [1.54, 1.807) is 17.5 Å². The molecule has 0 saturated heterocycles. The summed E-state index contributed by atoms with van der Waals surface area (Å²) in [6.07, 6.45) is 1.80. The number of rotatable bonds is 3. The summed E-state index contributed by atoms with van der Waals surface area (Å²) in [5, 5.41) is 1.94. The fourth-order valence-electron chi connectivity index (χ4n) is 3.54. The molecule has 5 aromatic rings. The first kappa shape index (κ1) is 17.7. The summed E-state index contributed by atoms with van der Waals surface area (Å²) in [7, 11) is 0. The Morgan fingerprint density at radius 1 is 1.07 bits per heavy atom. The van der Waals surface area contributed by atoms with Gasteiger partial charge in [-0.3, -0.25) is 9.78 Å². The Bertz CT molecular complexity index is 1430. The highest BCUT2D eigenvalue weighted by Gasteiger charge is 2.15. The zero-order valence-corrected chi connectivity index (χ0v) is 16.6. The summed E-state index contributed by atoms with van der Waals surface area (Å²) in [4.78, 5) is 26.7. The van der Waals surface area contributed by atoms with Gasteiger partial charge in [0.1, 0.15) is 5.65 Å². The summed E-state index contributed by atoms with van der Waals surface area (Å²) in [5.41, 5.74) is 10.5. The van der Waals surface area contributed by atoms with E-state index >= 15 is 0 Å². The van der Waals surface area contributed by atoms with Crippen molar-refractivity contribution in [2.75, 3.05) is 0 Å². The van der Waals surface area contributed by atoms with Crippen LogP contribution in [-0.4, -0.2) is 15.0 Å².